The molecule has 0 spiro atoms. The van der Waals surface area contributed by atoms with Crippen LogP contribution in [0.2, 0.25) is 0 Å². The Kier molecular flexibility index (Phi) is 4.94. The fourth-order valence-corrected chi connectivity index (χ4v) is 1.49. The number of rotatable bonds is 2. The molecule has 20 heavy (non-hydrogen) atoms. The molecule has 0 radical (unpaired) electrons. The van der Waals surface area contributed by atoms with E-state index in [4.69, 9.17) is 15.6 Å². The molecule has 3 N–H and O–H groups in total. The fraction of sp³-hybridized carbons (Fsp3) is 0.357. The van der Waals surface area contributed by atoms with Crippen LogP contribution in [0.15, 0.2) is 36.4 Å². The summed E-state index contributed by atoms with van der Waals surface area (Å²) in [6, 6.07) is 10.3. The van der Waals surface area contributed by atoms with E-state index in [2.05, 4.69) is 31.2 Å². The number of carbonyl (C=O) groups is 1. The Morgan fingerprint density at radius 3 is 2.20 bits per heavy atom. The average Bonchev–Trinajstić information content (AvgIpc) is 2.95. The minimum Gasteiger partial charge on any atom is -0.475 e. The van der Waals surface area contributed by atoms with E-state index >= 15 is 0 Å². The second kappa shape index (κ2) is 6.09. The number of carboxylic acids is 1. The summed E-state index contributed by atoms with van der Waals surface area (Å²) in [6.07, 6.45) is 0.411. The van der Waals surface area contributed by atoms with Gasteiger partial charge in [-0.15, -0.1) is 0 Å². The highest BCUT2D eigenvalue weighted by molar-refractivity contribution is 5.73. The van der Waals surface area contributed by atoms with Crippen molar-refractivity contribution in [2.24, 2.45) is 11.7 Å². The molecule has 1 aliphatic rings. The number of alkyl halides is 3. The molecule has 0 amide bonds. The van der Waals surface area contributed by atoms with Crippen LogP contribution in [-0.4, -0.2) is 22.8 Å². The summed E-state index contributed by atoms with van der Waals surface area (Å²) in [4.78, 5) is 8.90. The number of carboxylic acid groups (broad SMARTS) is 1. The van der Waals surface area contributed by atoms with Gasteiger partial charge in [0.25, 0.3) is 0 Å². The number of benzene rings is 1. The molecule has 110 valence electrons. The molecule has 0 aliphatic heterocycles. The van der Waals surface area contributed by atoms with Gasteiger partial charge in [0.1, 0.15) is 0 Å². The molecule has 0 bridgehead atoms. The lowest BCUT2D eigenvalue weighted by Crippen LogP contribution is -2.21. The highest BCUT2D eigenvalue weighted by atomic mass is 19.4. The van der Waals surface area contributed by atoms with E-state index in [-0.39, 0.29) is 5.54 Å². The van der Waals surface area contributed by atoms with Crippen molar-refractivity contribution in [1.82, 2.24) is 0 Å². The summed E-state index contributed by atoms with van der Waals surface area (Å²) in [7, 11) is 0. The van der Waals surface area contributed by atoms with Crippen molar-refractivity contribution >= 4 is 12.0 Å². The molecule has 6 heteroatoms. The predicted molar refractivity (Wildman–Crippen MR) is 69.9 cm³/mol. The third-order valence-electron chi connectivity index (χ3n) is 2.91. The molecule has 0 heterocycles. The topological polar surface area (TPSA) is 63.3 Å². The van der Waals surface area contributed by atoms with Gasteiger partial charge in [-0.1, -0.05) is 42.5 Å². The third-order valence-corrected chi connectivity index (χ3v) is 2.91. The van der Waals surface area contributed by atoms with Crippen LogP contribution in [0.25, 0.3) is 6.08 Å². The molecule has 1 saturated carbocycles. The second-order valence-electron chi connectivity index (χ2n) is 4.89. The molecule has 1 aromatic rings. The van der Waals surface area contributed by atoms with Gasteiger partial charge in [0.15, 0.2) is 0 Å². The van der Waals surface area contributed by atoms with Crippen LogP contribution in [0, 0.1) is 5.92 Å². The smallest absolute Gasteiger partial charge is 0.475 e. The largest absolute Gasteiger partial charge is 0.490 e. The van der Waals surface area contributed by atoms with Crippen molar-refractivity contribution in [3.63, 3.8) is 0 Å². The van der Waals surface area contributed by atoms with Gasteiger partial charge in [-0.25, -0.2) is 4.79 Å². The van der Waals surface area contributed by atoms with E-state index < -0.39 is 12.1 Å². The predicted octanol–water partition coefficient (Wildman–Crippen LogP) is 3.07. The maximum absolute atomic E-state index is 10.6. The van der Waals surface area contributed by atoms with Gasteiger partial charge in [0.05, 0.1) is 0 Å². The Morgan fingerprint density at radius 2 is 1.85 bits per heavy atom. The number of halogens is 3. The highest BCUT2D eigenvalue weighted by Crippen LogP contribution is 2.41. The summed E-state index contributed by atoms with van der Waals surface area (Å²) < 4.78 is 31.7. The van der Waals surface area contributed by atoms with Crippen molar-refractivity contribution in [1.29, 1.82) is 0 Å². The van der Waals surface area contributed by atoms with E-state index in [1.165, 1.54) is 5.56 Å². The first-order valence-corrected chi connectivity index (χ1v) is 5.95. The fourth-order valence-electron chi connectivity index (χ4n) is 1.49. The van der Waals surface area contributed by atoms with Gasteiger partial charge in [0.2, 0.25) is 0 Å². The van der Waals surface area contributed by atoms with Crippen molar-refractivity contribution in [2.75, 3.05) is 0 Å². The number of hydrogen-bond donors (Lipinski definition) is 2. The zero-order valence-corrected chi connectivity index (χ0v) is 10.9. The molecular formula is C14H16F3NO2. The number of aliphatic carboxylic acids is 1. The Hall–Kier alpha value is -1.82. The maximum Gasteiger partial charge on any atom is 0.490 e. The summed E-state index contributed by atoms with van der Waals surface area (Å²) in [6.45, 7) is 2.10. The molecular weight excluding hydrogens is 271 g/mol. The highest BCUT2D eigenvalue weighted by Gasteiger charge is 2.44. The Morgan fingerprint density at radius 1 is 1.40 bits per heavy atom. The molecule has 2 atom stereocenters. The second-order valence-corrected chi connectivity index (χ2v) is 4.89. The van der Waals surface area contributed by atoms with Gasteiger partial charge in [-0.05, 0) is 24.8 Å². The molecule has 3 nitrogen and oxygen atoms in total. The van der Waals surface area contributed by atoms with E-state index in [9.17, 15) is 13.2 Å². The lowest BCUT2D eigenvalue weighted by Gasteiger charge is -1.97. The molecule has 2 unspecified atom stereocenters. The average molecular weight is 287 g/mol. The number of nitrogens with two attached hydrogens (primary N) is 1. The first-order chi connectivity index (χ1) is 9.13. The van der Waals surface area contributed by atoms with Crippen molar-refractivity contribution in [3.8, 4) is 0 Å². The van der Waals surface area contributed by atoms with Crippen LogP contribution in [0.5, 0.6) is 0 Å². The Bertz CT molecular complexity index is 481. The maximum atomic E-state index is 10.6. The molecule has 1 aromatic carbocycles. The number of hydrogen-bond acceptors (Lipinski definition) is 2. The van der Waals surface area contributed by atoms with Crippen LogP contribution in [0.3, 0.4) is 0 Å². The van der Waals surface area contributed by atoms with Crippen LogP contribution >= 0.6 is 0 Å². The first-order valence-electron chi connectivity index (χ1n) is 5.95. The van der Waals surface area contributed by atoms with Crippen molar-refractivity contribution < 1.29 is 23.1 Å². The molecule has 1 fully saturated rings. The zero-order valence-electron chi connectivity index (χ0n) is 10.9. The van der Waals surface area contributed by atoms with Gasteiger partial charge >= 0.3 is 12.1 Å². The van der Waals surface area contributed by atoms with Crippen LogP contribution in [0.4, 0.5) is 13.2 Å². The molecule has 0 aromatic heterocycles. The van der Waals surface area contributed by atoms with Gasteiger partial charge < -0.3 is 10.8 Å². The molecule has 0 saturated heterocycles. The van der Waals surface area contributed by atoms with Gasteiger partial charge in [-0.3, -0.25) is 0 Å². The standard InChI is InChI=1S/C12H15N.C2HF3O2/c1-12(13)9-11(12)8-7-10-5-3-2-4-6-10;3-2(4,5)1(6)7/h2-8,11H,9,13H2,1H3;(H,6,7)/b8-7+;. The lowest BCUT2D eigenvalue weighted by molar-refractivity contribution is -0.192. The summed E-state index contributed by atoms with van der Waals surface area (Å²) >= 11 is 0. The minimum absolute atomic E-state index is 0.0608. The van der Waals surface area contributed by atoms with Gasteiger partial charge in [-0.2, -0.15) is 13.2 Å². The van der Waals surface area contributed by atoms with Crippen molar-refractivity contribution in [2.45, 2.75) is 25.1 Å². The quantitative estimate of drug-likeness (QED) is 0.878. The summed E-state index contributed by atoms with van der Waals surface area (Å²) in [5.74, 6) is -2.18. The van der Waals surface area contributed by atoms with Crippen molar-refractivity contribution in [3.05, 3.63) is 42.0 Å². The van der Waals surface area contributed by atoms with Gasteiger partial charge in [0, 0.05) is 5.54 Å². The minimum atomic E-state index is -5.08. The van der Waals surface area contributed by atoms with Crippen LogP contribution < -0.4 is 5.73 Å². The lowest BCUT2D eigenvalue weighted by atomic mass is 10.1. The van der Waals surface area contributed by atoms with E-state index in [1.54, 1.807) is 0 Å². The van der Waals surface area contributed by atoms with E-state index in [0.29, 0.717) is 5.92 Å². The Labute approximate surface area is 114 Å². The monoisotopic (exact) mass is 287 g/mol. The van der Waals surface area contributed by atoms with Crippen LogP contribution in [-0.2, 0) is 4.79 Å². The van der Waals surface area contributed by atoms with E-state index in [0.717, 1.165) is 6.42 Å². The molecule has 1 aliphatic carbocycles. The summed E-state index contributed by atoms with van der Waals surface area (Å²) in [5, 5.41) is 7.12. The third kappa shape index (κ3) is 5.44. The first kappa shape index (κ1) is 16.2. The van der Waals surface area contributed by atoms with E-state index in [1.807, 2.05) is 18.2 Å². The zero-order chi connectivity index (χ0) is 15.4. The van der Waals surface area contributed by atoms with Crippen LogP contribution in [0.1, 0.15) is 18.9 Å². The molecule has 2 rings (SSSR count). The SMILES string of the molecule is CC1(N)CC1/C=C/c1ccccc1.O=C(O)C(F)(F)F. The Balaban J connectivity index is 0.000000246. The normalized spacial score (nSPS) is 24.9. The summed E-state index contributed by atoms with van der Waals surface area (Å²) in [5.41, 5.74) is 7.24.